The van der Waals surface area contributed by atoms with Crippen molar-refractivity contribution in [3.05, 3.63) is 54.1 Å². The first-order valence-corrected chi connectivity index (χ1v) is 11.3. The first-order chi connectivity index (χ1) is 15.0. The number of benzene rings is 2. The molecule has 8 heteroatoms. The minimum absolute atomic E-state index is 0.00650. The number of nitrogens with one attached hydrogen (secondary N) is 1. The Morgan fingerprint density at radius 1 is 1.19 bits per heavy atom. The Morgan fingerprint density at radius 2 is 2.00 bits per heavy atom. The van der Waals surface area contributed by atoms with Crippen molar-refractivity contribution in [1.29, 1.82) is 0 Å². The van der Waals surface area contributed by atoms with Crippen molar-refractivity contribution in [2.24, 2.45) is 5.92 Å². The largest absolute Gasteiger partial charge is 0.442 e. The van der Waals surface area contributed by atoms with E-state index >= 15 is 0 Å². The van der Waals surface area contributed by atoms with E-state index in [0.717, 1.165) is 22.7 Å². The highest BCUT2D eigenvalue weighted by Gasteiger charge is 2.44. The molecule has 0 spiro atoms. The quantitative estimate of drug-likeness (QED) is 0.778. The third-order valence-electron chi connectivity index (χ3n) is 6.07. The maximum Gasteiger partial charge on any atom is 0.414 e. The molecule has 7 nitrogen and oxygen atoms in total. The second-order valence-electron chi connectivity index (χ2n) is 8.11. The molecular weight excluding hydrogens is 414 g/mol. The fourth-order valence-electron chi connectivity index (χ4n) is 4.17. The van der Waals surface area contributed by atoms with E-state index in [4.69, 9.17) is 4.74 Å². The Morgan fingerprint density at radius 3 is 2.81 bits per heavy atom. The zero-order valence-corrected chi connectivity index (χ0v) is 17.9. The molecule has 2 heterocycles. The molecule has 0 bridgehead atoms. The summed E-state index contributed by atoms with van der Waals surface area (Å²) in [5, 5.41) is 2.95. The van der Waals surface area contributed by atoms with Gasteiger partial charge in [-0.05, 0) is 36.1 Å². The highest BCUT2D eigenvalue weighted by Crippen LogP contribution is 2.47. The Bertz CT molecular complexity index is 1040. The van der Waals surface area contributed by atoms with E-state index in [0.29, 0.717) is 18.8 Å². The molecule has 2 aromatic carbocycles. The third kappa shape index (κ3) is 3.87. The number of carbonyl (C=O) groups excluding carboxylic acids is 3. The summed E-state index contributed by atoms with van der Waals surface area (Å²) in [6.45, 7) is 0.681. The number of hydrogen-bond donors (Lipinski definition) is 1. The first kappa shape index (κ1) is 19.9. The van der Waals surface area contributed by atoms with Crippen LogP contribution in [0.5, 0.6) is 0 Å². The van der Waals surface area contributed by atoms with Crippen LogP contribution in [-0.2, 0) is 14.3 Å². The maximum atomic E-state index is 12.5. The summed E-state index contributed by atoms with van der Waals surface area (Å²) in [7, 11) is 1.76. The van der Waals surface area contributed by atoms with Crippen molar-refractivity contribution >= 4 is 41.0 Å². The van der Waals surface area contributed by atoms with Crippen molar-refractivity contribution in [2.75, 3.05) is 35.7 Å². The lowest BCUT2D eigenvalue weighted by Crippen LogP contribution is -2.35. The summed E-state index contributed by atoms with van der Waals surface area (Å²) in [5.74, 6) is 0.736. The summed E-state index contributed by atoms with van der Waals surface area (Å²) in [6, 6.07) is 15.7. The first-order valence-electron chi connectivity index (χ1n) is 10.4. The molecule has 1 aliphatic carbocycles. The van der Waals surface area contributed by atoms with Gasteiger partial charge in [-0.25, -0.2) is 4.79 Å². The molecule has 0 aromatic heterocycles. The maximum absolute atomic E-state index is 12.5. The molecule has 5 rings (SSSR count). The number of ether oxygens (including phenoxy) is 1. The molecule has 3 aliphatic rings. The van der Waals surface area contributed by atoms with E-state index in [9.17, 15) is 14.4 Å². The zero-order chi connectivity index (χ0) is 21.5. The number of anilines is 2. The smallest absolute Gasteiger partial charge is 0.414 e. The summed E-state index contributed by atoms with van der Waals surface area (Å²) in [4.78, 5) is 41.0. The Balaban J connectivity index is 1.18. The van der Waals surface area contributed by atoms with Gasteiger partial charge in [-0.15, -0.1) is 11.8 Å². The molecule has 2 aromatic rings. The van der Waals surface area contributed by atoms with Crippen molar-refractivity contribution < 1.29 is 19.1 Å². The van der Waals surface area contributed by atoms with Crippen LogP contribution in [0.2, 0.25) is 0 Å². The highest BCUT2D eigenvalue weighted by atomic mass is 32.2. The van der Waals surface area contributed by atoms with Crippen LogP contribution in [-0.4, -0.2) is 49.9 Å². The lowest BCUT2D eigenvalue weighted by Gasteiger charge is -2.26. The lowest BCUT2D eigenvalue weighted by molar-refractivity contribution is -0.122. The van der Waals surface area contributed by atoms with Crippen molar-refractivity contribution in [1.82, 2.24) is 5.32 Å². The normalized spacial score (nSPS) is 24.6. The lowest BCUT2D eigenvalue weighted by atomic mass is 10.1. The standard InChI is InChI=1S/C23H23N3O4S/c1-25-19-8-7-15(9-20(19)31-13-21(25)27)26-12-16(30-23(26)29)11-24-22(28)18-10-17(18)14-5-3-2-4-6-14/h2-9,16-18H,10-13H2,1H3,(H,24,28)/t16-,17?,18?/m0/s1. The minimum Gasteiger partial charge on any atom is -0.442 e. The molecule has 31 heavy (non-hydrogen) atoms. The van der Waals surface area contributed by atoms with Gasteiger partial charge >= 0.3 is 6.09 Å². The van der Waals surface area contributed by atoms with Gasteiger partial charge in [0.25, 0.3) is 0 Å². The van der Waals surface area contributed by atoms with Gasteiger partial charge in [0.2, 0.25) is 11.8 Å². The Kier molecular flexibility index (Phi) is 5.09. The predicted molar refractivity (Wildman–Crippen MR) is 118 cm³/mol. The number of amides is 3. The summed E-state index contributed by atoms with van der Waals surface area (Å²) >= 11 is 1.47. The van der Waals surface area contributed by atoms with E-state index in [1.54, 1.807) is 16.8 Å². The summed E-state index contributed by atoms with van der Waals surface area (Å²) < 4.78 is 5.47. The van der Waals surface area contributed by atoms with E-state index in [-0.39, 0.29) is 23.7 Å². The number of nitrogens with zero attached hydrogens (tertiary/aromatic N) is 2. The monoisotopic (exact) mass is 437 g/mol. The number of hydrogen-bond acceptors (Lipinski definition) is 5. The number of carbonyl (C=O) groups is 3. The van der Waals surface area contributed by atoms with Crippen LogP contribution in [0, 0.1) is 5.92 Å². The van der Waals surface area contributed by atoms with Gasteiger partial charge in [0.1, 0.15) is 6.10 Å². The van der Waals surface area contributed by atoms with Gasteiger partial charge in [-0.3, -0.25) is 14.5 Å². The van der Waals surface area contributed by atoms with Crippen LogP contribution in [0.15, 0.2) is 53.4 Å². The predicted octanol–water partition coefficient (Wildman–Crippen LogP) is 3.00. The molecule has 1 N–H and O–H groups in total. The van der Waals surface area contributed by atoms with Crippen molar-refractivity contribution in [3.8, 4) is 0 Å². The van der Waals surface area contributed by atoms with Gasteiger partial charge in [0, 0.05) is 23.5 Å². The molecule has 1 saturated carbocycles. The highest BCUT2D eigenvalue weighted by molar-refractivity contribution is 8.00. The van der Waals surface area contributed by atoms with Crippen LogP contribution in [0.1, 0.15) is 17.9 Å². The van der Waals surface area contributed by atoms with Crippen molar-refractivity contribution in [2.45, 2.75) is 23.3 Å². The molecular formula is C23H23N3O4S. The number of cyclic esters (lactones) is 1. The van der Waals surface area contributed by atoms with Gasteiger partial charge < -0.3 is 15.0 Å². The van der Waals surface area contributed by atoms with Crippen molar-refractivity contribution in [3.63, 3.8) is 0 Å². The zero-order valence-electron chi connectivity index (χ0n) is 17.1. The second-order valence-corrected chi connectivity index (χ2v) is 9.13. The third-order valence-corrected chi connectivity index (χ3v) is 7.10. The molecule has 2 unspecified atom stereocenters. The molecule has 3 amide bonds. The fourth-order valence-corrected chi connectivity index (χ4v) is 5.20. The average Bonchev–Trinajstić information content (AvgIpc) is 3.51. The SMILES string of the molecule is CN1C(=O)CSc2cc(N3C[C@H](CNC(=O)C4CC4c4ccccc4)OC3=O)ccc21. The summed E-state index contributed by atoms with van der Waals surface area (Å²) in [5.41, 5.74) is 2.77. The average molecular weight is 438 g/mol. The molecule has 3 atom stereocenters. The van der Waals surface area contributed by atoms with Crippen LogP contribution < -0.4 is 15.1 Å². The number of fused-ring (bicyclic) bond motifs is 1. The molecule has 160 valence electrons. The van der Waals surface area contributed by atoms with Crippen LogP contribution >= 0.6 is 11.8 Å². The minimum atomic E-state index is -0.418. The van der Waals surface area contributed by atoms with E-state index in [1.807, 2.05) is 36.4 Å². The van der Waals surface area contributed by atoms with E-state index in [2.05, 4.69) is 17.4 Å². The molecule has 1 saturated heterocycles. The topological polar surface area (TPSA) is 79.0 Å². The Labute approximate surface area is 184 Å². The van der Waals surface area contributed by atoms with Gasteiger partial charge in [-0.2, -0.15) is 0 Å². The molecule has 0 radical (unpaired) electrons. The van der Waals surface area contributed by atoms with Gasteiger partial charge in [0.05, 0.1) is 24.5 Å². The van der Waals surface area contributed by atoms with Gasteiger partial charge in [0.15, 0.2) is 0 Å². The van der Waals surface area contributed by atoms with E-state index in [1.165, 1.54) is 17.3 Å². The Hall–Kier alpha value is -3.00. The number of thioether (sulfide) groups is 1. The second kappa shape index (κ2) is 7.92. The molecule has 2 fully saturated rings. The molecule has 2 aliphatic heterocycles. The van der Waals surface area contributed by atoms with Crippen LogP contribution in [0.3, 0.4) is 0 Å². The van der Waals surface area contributed by atoms with Gasteiger partial charge in [-0.1, -0.05) is 30.3 Å². The number of rotatable bonds is 5. The fraction of sp³-hybridized carbons (Fsp3) is 0.348. The van der Waals surface area contributed by atoms with E-state index < -0.39 is 12.2 Å². The van der Waals surface area contributed by atoms with Crippen LogP contribution in [0.25, 0.3) is 0 Å². The summed E-state index contributed by atoms with van der Waals surface area (Å²) in [6.07, 6.45) is 0.0484. The van der Waals surface area contributed by atoms with Crippen LogP contribution in [0.4, 0.5) is 16.2 Å².